The number of amides is 1. The Morgan fingerprint density at radius 2 is 1.86 bits per heavy atom. The summed E-state index contributed by atoms with van der Waals surface area (Å²) in [6.45, 7) is 5.56. The molecule has 2 fully saturated rings. The molecule has 1 N–H and O–H groups in total. The molecule has 4 rings (SSSR count). The molecule has 0 aliphatic carbocycles. The van der Waals surface area contributed by atoms with Gasteiger partial charge in [0.2, 0.25) is 5.91 Å². The summed E-state index contributed by atoms with van der Waals surface area (Å²) in [6, 6.07) is 2.12. The molecule has 0 unspecified atom stereocenters. The first-order valence-electron chi connectivity index (χ1n) is 10.7. The van der Waals surface area contributed by atoms with Gasteiger partial charge in [0.05, 0.1) is 24.5 Å². The molecule has 2 aliphatic rings. The van der Waals surface area contributed by atoms with Crippen LogP contribution in [-0.2, 0) is 4.79 Å². The van der Waals surface area contributed by atoms with Crippen LogP contribution in [0.3, 0.4) is 0 Å². The number of likely N-dealkylation sites (tertiary alicyclic amines) is 2. The summed E-state index contributed by atoms with van der Waals surface area (Å²) in [6.07, 6.45) is 13.8. The van der Waals surface area contributed by atoms with Gasteiger partial charge in [-0.2, -0.15) is 5.10 Å². The molecule has 1 atom stereocenters. The minimum absolute atomic E-state index is 0.0818. The maximum atomic E-state index is 13.2. The lowest BCUT2D eigenvalue weighted by molar-refractivity contribution is -0.136. The third-order valence-electron chi connectivity index (χ3n) is 6.19. The van der Waals surface area contributed by atoms with Crippen molar-refractivity contribution >= 4 is 5.91 Å². The number of carbonyl (C=O) groups is 1. The van der Waals surface area contributed by atoms with Gasteiger partial charge in [-0.25, -0.2) is 0 Å². The fourth-order valence-corrected chi connectivity index (χ4v) is 4.65. The standard InChI is InChI=1S/C22H31N5O/c1-17-14-23-10-9-18(17)19-15-24-25-22(19)20-8-4-7-13-27(20)21(28)16-26-11-5-2-3-6-12-26/h9-10,14-15,20H,2-8,11-13,16H2,1H3,(H,24,25)/t20-/m1/s1. The Hall–Kier alpha value is -2.21. The molecular formula is C22H31N5O. The molecule has 150 valence electrons. The topological polar surface area (TPSA) is 65.1 Å². The molecule has 2 aromatic heterocycles. The summed E-state index contributed by atoms with van der Waals surface area (Å²) in [5.41, 5.74) is 4.44. The van der Waals surface area contributed by atoms with Crippen LogP contribution < -0.4 is 0 Å². The predicted octanol–water partition coefficient (Wildman–Crippen LogP) is 3.71. The van der Waals surface area contributed by atoms with E-state index in [9.17, 15) is 4.79 Å². The van der Waals surface area contributed by atoms with Crippen molar-refractivity contribution in [3.05, 3.63) is 35.9 Å². The first kappa shape index (κ1) is 19.1. The van der Waals surface area contributed by atoms with E-state index < -0.39 is 0 Å². The van der Waals surface area contributed by atoms with Gasteiger partial charge in [-0.15, -0.1) is 0 Å². The Morgan fingerprint density at radius 1 is 1.07 bits per heavy atom. The van der Waals surface area contributed by atoms with Crippen LogP contribution in [0.4, 0.5) is 0 Å². The van der Waals surface area contributed by atoms with Crippen molar-refractivity contribution in [2.45, 2.75) is 57.9 Å². The van der Waals surface area contributed by atoms with E-state index in [1.807, 2.05) is 24.7 Å². The predicted molar refractivity (Wildman–Crippen MR) is 110 cm³/mol. The molecule has 0 spiro atoms. The zero-order valence-electron chi connectivity index (χ0n) is 16.9. The normalized spacial score (nSPS) is 21.5. The van der Waals surface area contributed by atoms with Gasteiger partial charge in [0.15, 0.2) is 0 Å². The van der Waals surface area contributed by atoms with Crippen LogP contribution >= 0.6 is 0 Å². The molecule has 0 bridgehead atoms. The van der Waals surface area contributed by atoms with Crippen molar-refractivity contribution in [1.29, 1.82) is 0 Å². The number of aromatic nitrogens is 3. The van der Waals surface area contributed by atoms with E-state index in [1.165, 1.54) is 25.7 Å². The van der Waals surface area contributed by atoms with E-state index in [1.54, 1.807) is 0 Å². The van der Waals surface area contributed by atoms with E-state index in [-0.39, 0.29) is 11.9 Å². The average molecular weight is 382 g/mol. The van der Waals surface area contributed by atoms with Gasteiger partial charge in [0, 0.05) is 24.5 Å². The fourth-order valence-electron chi connectivity index (χ4n) is 4.65. The molecule has 0 radical (unpaired) electrons. The highest BCUT2D eigenvalue weighted by atomic mass is 16.2. The van der Waals surface area contributed by atoms with Gasteiger partial charge in [0.25, 0.3) is 0 Å². The number of hydrogen-bond donors (Lipinski definition) is 1. The fraction of sp³-hybridized carbons (Fsp3) is 0.591. The zero-order chi connectivity index (χ0) is 19.3. The van der Waals surface area contributed by atoms with Crippen LogP contribution in [0.1, 0.15) is 62.2 Å². The number of rotatable bonds is 4. The third-order valence-corrected chi connectivity index (χ3v) is 6.19. The molecule has 2 aromatic rings. The van der Waals surface area contributed by atoms with Crippen molar-refractivity contribution in [2.24, 2.45) is 0 Å². The van der Waals surface area contributed by atoms with Gasteiger partial charge in [-0.3, -0.25) is 19.8 Å². The Balaban J connectivity index is 1.56. The number of pyridine rings is 1. The molecule has 6 heteroatoms. The van der Waals surface area contributed by atoms with Crippen molar-refractivity contribution in [3.63, 3.8) is 0 Å². The maximum absolute atomic E-state index is 13.2. The molecule has 0 saturated carbocycles. The first-order chi connectivity index (χ1) is 13.7. The highest BCUT2D eigenvalue weighted by molar-refractivity contribution is 5.79. The molecule has 2 saturated heterocycles. The number of aromatic amines is 1. The Bertz CT molecular complexity index is 794. The van der Waals surface area contributed by atoms with Crippen LogP contribution in [0.2, 0.25) is 0 Å². The summed E-state index contributed by atoms with van der Waals surface area (Å²) in [7, 11) is 0. The van der Waals surface area contributed by atoms with Crippen molar-refractivity contribution in [1.82, 2.24) is 25.0 Å². The van der Waals surface area contributed by atoms with Crippen LogP contribution in [0, 0.1) is 6.92 Å². The summed E-state index contributed by atoms with van der Waals surface area (Å²) in [5.74, 6) is 0.263. The van der Waals surface area contributed by atoms with Gasteiger partial charge < -0.3 is 4.90 Å². The lowest BCUT2D eigenvalue weighted by Gasteiger charge is -2.37. The smallest absolute Gasteiger partial charge is 0.237 e. The molecule has 4 heterocycles. The van der Waals surface area contributed by atoms with E-state index in [2.05, 4.69) is 31.9 Å². The Labute approximate surface area is 167 Å². The second-order valence-electron chi connectivity index (χ2n) is 8.18. The Morgan fingerprint density at radius 3 is 2.64 bits per heavy atom. The van der Waals surface area contributed by atoms with Crippen molar-refractivity contribution < 1.29 is 4.79 Å². The minimum Gasteiger partial charge on any atom is -0.333 e. The molecule has 6 nitrogen and oxygen atoms in total. The van der Waals surface area contributed by atoms with Gasteiger partial charge >= 0.3 is 0 Å². The molecular weight excluding hydrogens is 350 g/mol. The van der Waals surface area contributed by atoms with Gasteiger partial charge in [0.1, 0.15) is 0 Å². The number of nitrogens with one attached hydrogen (secondary N) is 1. The molecule has 28 heavy (non-hydrogen) atoms. The maximum Gasteiger partial charge on any atom is 0.237 e. The van der Waals surface area contributed by atoms with Crippen LogP contribution in [0.25, 0.3) is 11.1 Å². The van der Waals surface area contributed by atoms with Crippen LogP contribution in [0.15, 0.2) is 24.7 Å². The number of hydrogen-bond acceptors (Lipinski definition) is 4. The van der Waals surface area contributed by atoms with Crippen molar-refractivity contribution in [3.8, 4) is 11.1 Å². The van der Waals surface area contributed by atoms with Crippen molar-refractivity contribution in [2.75, 3.05) is 26.2 Å². The van der Waals surface area contributed by atoms with Crippen LogP contribution in [-0.4, -0.2) is 57.1 Å². The SMILES string of the molecule is Cc1cnccc1-c1cn[nH]c1[C@H]1CCCCN1C(=O)CN1CCCCCC1. The number of nitrogens with zero attached hydrogens (tertiary/aromatic N) is 4. The molecule has 1 amide bonds. The van der Waals surface area contributed by atoms with E-state index >= 15 is 0 Å². The van der Waals surface area contributed by atoms with Gasteiger partial charge in [-0.05, 0) is 69.3 Å². The lowest BCUT2D eigenvalue weighted by Crippen LogP contribution is -2.44. The van der Waals surface area contributed by atoms with Gasteiger partial charge in [-0.1, -0.05) is 12.8 Å². The summed E-state index contributed by atoms with van der Waals surface area (Å²) in [5, 5.41) is 7.56. The summed E-state index contributed by atoms with van der Waals surface area (Å²) in [4.78, 5) is 21.9. The summed E-state index contributed by atoms with van der Waals surface area (Å²) >= 11 is 0. The lowest BCUT2D eigenvalue weighted by atomic mass is 9.93. The minimum atomic E-state index is 0.0818. The number of carbonyl (C=O) groups excluding carboxylic acids is 1. The monoisotopic (exact) mass is 381 g/mol. The number of piperidine rings is 1. The van der Waals surface area contributed by atoms with E-state index in [4.69, 9.17) is 0 Å². The highest BCUT2D eigenvalue weighted by Gasteiger charge is 2.32. The third kappa shape index (κ3) is 4.12. The highest BCUT2D eigenvalue weighted by Crippen LogP contribution is 2.36. The quantitative estimate of drug-likeness (QED) is 0.877. The van der Waals surface area contributed by atoms with Crippen LogP contribution in [0.5, 0.6) is 0 Å². The largest absolute Gasteiger partial charge is 0.333 e. The summed E-state index contributed by atoms with van der Waals surface area (Å²) < 4.78 is 0. The second-order valence-corrected chi connectivity index (χ2v) is 8.18. The average Bonchev–Trinajstić information content (AvgIpc) is 3.06. The Kier molecular flexibility index (Phi) is 6.05. The number of aryl methyl sites for hydroxylation is 1. The molecule has 2 aliphatic heterocycles. The zero-order valence-corrected chi connectivity index (χ0v) is 16.9. The van der Waals surface area contributed by atoms with E-state index in [0.717, 1.165) is 61.3 Å². The second kappa shape index (κ2) is 8.86. The van der Waals surface area contributed by atoms with E-state index in [0.29, 0.717) is 6.54 Å². The molecule has 0 aromatic carbocycles. The first-order valence-corrected chi connectivity index (χ1v) is 10.7. The number of H-pyrrole nitrogens is 1.